The van der Waals surface area contributed by atoms with Crippen LogP contribution in [0.2, 0.25) is 0 Å². The smallest absolute Gasteiger partial charge is 0.371 e. The second-order valence-electron chi connectivity index (χ2n) is 2.97. The van der Waals surface area contributed by atoms with E-state index in [2.05, 4.69) is 25.7 Å². The number of ether oxygens (including phenoxy) is 1. The molecular weight excluding hydrogens is 250 g/mol. The minimum Gasteiger partial charge on any atom is -0.371 e. The Balaban J connectivity index is 2.58. The number of carbonyl (C=O) groups is 2. The van der Waals surface area contributed by atoms with Gasteiger partial charge in [0.2, 0.25) is 0 Å². The van der Waals surface area contributed by atoms with Crippen LogP contribution >= 0.6 is 15.9 Å². The van der Waals surface area contributed by atoms with E-state index in [0.717, 1.165) is 5.57 Å². The highest BCUT2D eigenvalue weighted by Crippen LogP contribution is 2.26. The molecular formula is C9H6BrNO3. The molecule has 1 atom stereocenters. The summed E-state index contributed by atoms with van der Waals surface area (Å²) < 4.78 is 4.40. The minimum atomic E-state index is -0.848. The average molecular weight is 256 g/mol. The van der Waals surface area contributed by atoms with Crippen molar-refractivity contribution in [1.29, 1.82) is 0 Å². The van der Waals surface area contributed by atoms with Gasteiger partial charge in [0.1, 0.15) is 0 Å². The first kappa shape index (κ1) is 9.33. The molecule has 0 fully saturated rings. The van der Waals surface area contributed by atoms with Gasteiger partial charge in [-0.05, 0) is 18.6 Å². The van der Waals surface area contributed by atoms with Gasteiger partial charge in [0.25, 0.3) is 0 Å². The van der Waals surface area contributed by atoms with Crippen LogP contribution in [0.5, 0.6) is 0 Å². The summed E-state index contributed by atoms with van der Waals surface area (Å²) in [5.74, 6) is -0.619. The SMILES string of the molecule is CC1=C2C(=O)OC(=O)N=C2C=CC1Br. The van der Waals surface area contributed by atoms with Crippen LogP contribution < -0.4 is 0 Å². The molecule has 5 heteroatoms. The number of cyclic esters (lactones) is 2. The van der Waals surface area contributed by atoms with E-state index < -0.39 is 12.1 Å². The summed E-state index contributed by atoms with van der Waals surface area (Å²) in [7, 11) is 0. The van der Waals surface area contributed by atoms with Crippen molar-refractivity contribution in [3.63, 3.8) is 0 Å². The second-order valence-corrected chi connectivity index (χ2v) is 3.96. The number of fused-ring (bicyclic) bond motifs is 1. The fraction of sp³-hybridized carbons (Fsp3) is 0.222. The van der Waals surface area contributed by atoms with Crippen molar-refractivity contribution in [3.05, 3.63) is 23.3 Å². The molecule has 0 spiro atoms. The highest BCUT2D eigenvalue weighted by molar-refractivity contribution is 9.09. The molecule has 0 saturated heterocycles. The summed E-state index contributed by atoms with van der Waals surface area (Å²) in [5, 5.41) is 0. The molecule has 0 bridgehead atoms. The van der Waals surface area contributed by atoms with E-state index in [-0.39, 0.29) is 4.83 Å². The number of alkyl halides is 1. The number of amides is 1. The fourth-order valence-corrected chi connectivity index (χ4v) is 1.73. The number of allylic oxidation sites excluding steroid dienone is 3. The molecule has 0 aromatic heterocycles. The van der Waals surface area contributed by atoms with E-state index in [1.807, 2.05) is 6.08 Å². The van der Waals surface area contributed by atoms with Gasteiger partial charge < -0.3 is 4.74 Å². The zero-order valence-electron chi connectivity index (χ0n) is 7.28. The molecule has 2 aliphatic rings. The number of nitrogens with zero attached hydrogens (tertiary/aromatic N) is 1. The van der Waals surface area contributed by atoms with E-state index in [1.54, 1.807) is 13.0 Å². The van der Waals surface area contributed by atoms with E-state index in [1.165, 1.54) is 0 Å². The Labute approximate surface area is 88.5 Å². The molecule has 1 heterocycles. The molecule has 0 N–H and O–H groups in total. The monoisotopic (exact) mass is 255 g/mol. The van der Waals surface area contributed by atoms with Gasteiger partial charge in [-0.25, -0.2) is 9.59 Å². The first-order valence-corrected chi connectivity index (χ1v) is 4.89. The van der Waals surface area contributed by atoms with Crippen LogP contribution in [-0.2, 0) is 9.53 Å². The molecule has 0 aromatic carbocycles. The van der Waals surface area contributed by atoms with Gasteiger partial charge in [-0.2, -0.15) is 4.99 Å². The highest BCUT2D eigenvalue weighted by atomic mass is 79.9. The van der Waals surface area contributed by atoms with Gasteiger partial charge in [-0.1, -0.05) is 22.0 Å². The molecule has 1 aliphatic carbocycles. The van der Waals surface area contributed by atoms with Crippen LogP contribution in [0.1, 0.15) is 6.92 Å². The Morgan fingerprint density at radius 3 is 2.93 bits per heavy atom. The Kier molecular flexibility index (Phi) is 2.11. The number of carbonyl (C=O) groups excluding carboxylic acids is 2. The van der Waals surface area contributed by atoms with Crippen molar-refractivity contribution in [2.75, 3.05) is 0 Å². The van der Waals surface area contributed by atoms with Gasteiger partial charge >= 0.3 is 12.1 Å². The van der Waals surface area contributed by atoms with Crippen molar-refractivity contribution in [2.24, 2.45) is 4.99 Å². The molecule has 14 heavy (non-hydrogen) atoms. The molecule has 0 aromatic rings. The standard InChI is InChI=1S/C9H6BrNO3/c1-4-5(10)2-3-6-7(4)8(12)14-9(13)11-6/h2-3,5H,1H3. The third-order valence-corrected chi connectivity index (χ3v) is 3.08. The quantitative estimate of drug-likeness (QED) is 0.377. The third kappa shape index (κ3) is 1.33. The molecule has 0 saturated carbocycles. The van der Waals surface area contributed by atoms with Gasteiger partial charge in [-0.15, -0.1) is 0 Å². The average Bonchev–Trinajstić information content (AvgIpc) is 2.10. The lowest BCUT2D eigenvalue weighted by Gasteiger charge is -2.19. The summed E-state index contributed by atoms with van der Waals surface area (Å²) in [6.45, 7) is 1.80. The van der Waals surface area contributed by atoms with Crippen LogP contribution in [0.15, 0.2) is 28.3 Å². The maximum atomic E-state index is 11.4. The van der Waals surface area contributed by atoms with Gasteiger partial charge in [-0.3, -0.25) is 0 Å². The molecule has 72 valence electrons. The fourth-order valence-electron chi connectivity index (χ4n) is 1.35. The Morgan fingerprint density at radius 1 is 1.50 bits per heavy atom. The van der Waals surface area contributed by atoms with Crippen LogP contribution in [0.25, 0.3) is 0 Å². The predicted octanol–water partition coefficient (Wildman–Crippen LogP) is 1.75. The van der Waals surface area contributed by atoms with Crippen molar-refractivity contribution < 1.29 is 14.3 Å². The van der Waals surface area contributed by atoms with Crippen LogP contribution in [0, 0.1) is 0 Å². The number of hydrogen-bond donors (Lipinski definition) is 0. The number of rotatable bonds is 0. The maximum Gasteiger partial charge on any atom is 0.442 e. The van der Waals surface area contributed by atoms with Crippen LogP contribution in [-0.4, -0.2) is 22.6 Å². The summed E-state index contributed by atoms with van der Waals surface area (Å²) in [6, 6.07) is 0. The summed E-state index contributed by atoms with van der Waals surface area (Å²) >= 11 is 3.37. The topological polar surface area (TPSA) is 55.7 Å². The van der Waals surface area contributed by atoms with E-state index >= 15 is 0 Å². The second kappa shape index (κ2) is 3.16. The lowest BCUT2D eigenvalue weighted by Crippen LogP contribution is -2.28. The minimum absolute atomic E-state index is 0.00259. The Hall–Kier alpha value is -1.23. The zero-order chi connectivity index (χ0) is 10.3. The molecule has 1 unspecified atom stereocenters. The molecule has 1 aliphatic heterocycles. The van der Waals surface area contributed by atoms with Gasteiger partial charge in [0.05, 0.1) is 16.1 Å². The Morgan fingerprint density at radius 2 is 2.21 bits per heavy atom. The van der Waals surface area contributed by atoms with E-state index in [9.17, 15) is 9.59 Å². The summed E-state index contributed by atoms with van der Waals surface area (Å²) in [6.07, 6.45) is 2.61. The molecule has 1 amide bonds. The number of halogens is 1. The first-order valence-electron chi connectivity index (χ1n) is 3.98. The number of esters is 1. The summed E-state index contributed by atoms with van der Waals surface area (Å²) in [4.78, 5) is 25.8. The molecule has 2 rings (SSSR count). The third-order valence-electron chi connectivity index (χ3n) is 2.08. The normalized spacial score (nSPS) is 25.9. The van der Waals surface area contributed by atoms with E-state index in [4.69, 9.17) is 0 Å². The molecule has 0 radical (unpaired) electrons. The van der Waals surface area contributed by atoms with Crippen molar-refractivity contribution in [1.82, 2.24) is 0 Å². The number of aliphatic imine (C=N–C) groups is 1. The van der Waals surface area contributed by atoms with Gasteiger partial charge in [0, 0.05) is 0 Å². The predicted molar refractivity (Wildman–Crippen MR) is 53.5 cm³/mol. The summed E-state index contributed by atoms with van der Waals surface area (Å²) in [5.41, 5.74) is 1.58. The highest BCUT2D eigenvalue weighted by Gasteiger charge is 2.30. The zero-order valence-corrected chi connectivity index (χ0v) is 8.87. The van der Waals surface area contributed by atoms with E-state index in [0.29, 0.717) is 11.3 Å². The van der Waals surface area contributed by atoms with Crippen molar-refractivity contribution in [2.45, 2.75) is 11.8 Å². The molecule has 4 nitrogen and oxygen atoms in total. The van der Waals surface area contributed by atoms with Crippen molar-refractivity contribution >= 4 is 33.7 Å². The van der Waals surface area contributed by atoms with Crippen LogP contribution in [0.4, 0.5) is 4.79 Å². The van der Waals surface area contributed by atoms with Crippen LogP contribution in [0.3, 0.4) is 0 Å². The lowest BCUT2D eigenvalue weighted by molar-refractivity contribution is -0.132. The van der Waals surface area contributed by atoms with Crippen molar-refractivity contribution in [3.8, 4) is 0 Å². The van der Waals surface area contributed by atoms with Gasteiger partial charge in [0.15, 0.2) is 0 Å². The first-order chi connectivity index (χ1) is 6.59. The maximum absolute atomic E-state index is 11.4. The lowest BCUT2D eigenvalue weighted by atomic mass is 9.96. The number of hydrogen-bond acceptors (Lipinski definition) is 3. The Bertz CT molecular complexity index is 420. The largest absolute Gasteiger partial charge is 0.442 e.